The molecule has 0 unspecified atom stereocenters. The summed E-state index contributed by atoms with van der Waals surface area (Å²) in [7, 11) is 3.40. The van der Waals surface area contributed by atoms with Crippen LogP contribution in [0.2, 0.25) is 5.28 Å². The smallest absolute Gasteiger partial charge is 0.225 e. The Balaban J connectivity index is 2.19. The van der Waals surface area contributed by atoms with Crippen molar-refractivity contribution in [3.05, 3.63) is 40.0 Å². The maximum Gasteiger partial charge on any atom is 0.225 e. The van der Waals surface area contributed by atoms with E-state index in [2.05, 4.69) is 53.0 Å². The van der Waals surface area contributed by atoms with E-state index >= 15 is 0 Å². The minimum Gasteiger partial charge on any atom is -0.383 e. The van der Waals surface area contributed by atoms with Gasteiger partial charge in [0.15, 0.2) is 0 Å². The lowest BCUT2D eigenvalue weighted by Crippen LogP contribution is -2.31. The summed E-state index contributed by atoms with van der Waals surface area (Å²) in [5, 5.41) is 1.30. The van der Waals surface area contributed by atoms with E-state index in [9.17, 15) is 0 Å². The van der Waals surface area contributed by atoms with Gasteiger partial charge in [-0.2, -0.15) is 4.98 Å². The van der Waals surface area contributed by atoms with Crippen LogP contribution in [0.25, 0.3) is 21.3 Å². The van der Waals surface area contributed by atoms with E-state index in [0.29, 0.717) is 26.3 Å². The van der Waals surface area contributed by atoms with Gasteiger partial charge in [-0.1, -0.05) is 29.8 Å². The summed E-state index contributed by atoms with van der Waals surface area (Å²) < 4.78 is 10.6. The zero-order valence-electron chi connectivity index (χ0n) is 16.1. The second kappa shape index (κ2) is 8.97. The second-order valence-corrected chi connectivity index (χ2v) is 7.91. The number of aryl methyl sites for hydroxylation is 2. The van der Waals surface area contributed by atoms with Crippen molar-refractivity contribution in [1.29, 1.82) is 0 Å². The molecule has 0 atom stereocenters. The number of hydrogen-bond acceptors (Lipinski definition) is 6. The van der Waals surface area contributed by atoms with Crippen molar-refractivity contribution < 1.29 is 9.47 Å². The van der Waals surface area contributed by atoms with Crippen LogP contribution in [0.1, 0.15) is 10.4 Å². The summed E-state index contributed by atoms with van der Waals surface area (Å²) in [6.45, 7) is 6.79. The summed E-state index contributed by atoms with van der Waals surface area (Å²) in [5.74, 6) is 0.832. The van der Waals surface area contributed by atoms with E-state index in [1.165, 1.54) is 16.0 Å². The van der Waals surface area contributed by atoms with E-state index in [4.69, 9.17) is 21.1 Å². The first-order valence-corrected chi connectivity index (χ1v) is 10.0. The molecule has 0 N–H and O–H groups in total. The molecule has 2 heterocycles. The molecule has 3 aromatic rings. The van der Waals surface area contributed by atoms with Gasteiger partial charge in [0, 0.05) is 37.7 Å². The average Bonchev–Trinajstić information content (AvgIpc) is 2.97. The largest absolute Gasteiger partial charge is 0.383 e. The molecule has 3 rings (SSSR count). The Morgan fingerprint density at radius 3 is 2.22 bits per heavy atom. The van der Waals surface area contributed by atoms with Crippen molar-refractivity contribution in [2.24, 2.45) is 0 Å². The number of rotatable bonds is 8. The molecule has 0 aliphatic carbocycles. The molecule has 5 nitrogen and oxygen atoms in total. The number of aromatic nitrogens is 2. The molecule has 0 fully saturated rings. The highest BCUT2D eigenvalue weighted by molar-refractivity contribution is 7.19. The predicted octanol–water partition coefficient (Wildman–Crippen LogP) is 4.73. The Morgan fingerprint density at radius 1 is 1.00 bits per heavy atom. The number of hydrogen-bond donors (Lipinski definition) is 0. The van der Waals surface area contributed by atoms with Gasteiger partial charge in [-0.05, 0) is 31.0 Å². The lowest BCUT2D eigenvalue weighted by atomic mass is 10.0. The molecule has 0 radical (unpaired) electrons. The zero-order chi connectivity index (χ0) is 19.4. The van der Waals surface area contributed by atoms with E-state index in [-0.39, 0.29) is 5.28 Å². The molecular formula is C20H24ClN3O2S. The van der Waals surface area contributed by atoms with E-state index in [0.717, 1.165) is 21.6 Å². The zero-order valence-corrected chi connectivity index (χ0v) is 17.7. The van der Waals surface area contributed by atoms with Crippen LogP contribution in [0.5, 0.6) is 0 Å². The Labute approximate surface area is 168 Å². The summed E-state index contributed by atoms with van der Waals surface area (Å²) in [4.78, 5) is 13.3. The molecule has 0 aliphatic heterocycles. The van der Waals surface area contributed by atoms with Crippen molar-refractivity contribution in [1.82, 2.24) is 9.97 Å². The van der Waals surface area contributed by atoms with Crippen LogP contribution in [0.15, 0.2) is 24.3 Å². The van der Waals surface area contributed by atoms with Crippen molar-refractivity contribution in [2.45, 2.75) is 13.8 Å². The number of halogens is 1. The fourth-order valence-corrected chi connectivity index (χ4v) is 4.35. The minimum absolute atomic E-state index is 0.258. The molecular weight excluding hydrogens is 382 g/mol. The topological polar surface area (TPSA) is 47.5 Å². The standard InChI is InChI=1S/C20H24ClN3O2S/c1-13-5-7-15(8-6-13)16-14(2)27-19-17(16)18(22-20(21)23-19)24(9-11-25-3)10-12-26-4/h5-8H,9-12H2,1-4H3. The van der Waals surface area contributed by atoms with Crippen LogP contribution in [0, 0.1) is 13.8 Å². The van der Waals surface area contributed by atoms with Gasteiger partial charge in [-0.3, -0.25) is 0 Å². The lowest BCUT2D eigenvalue weighted by Gasteiger charge is -2.24. The molecule has 0 aliphatic rings. The fourth-order valence-electron chi connectivity index (χ4n) is 3.09. The number of ether oxygens (including phenoxy) is 2. The predicted molar refractivity (Wildman–Crippen MR) is 113 cm³/mol. The van der Waals surface area contributed by atoms with E-state index < -0.39 is 0 Å². The Bertz CT molecular complexity index is 904. The number of methoxy groups -OCH3 is 2. The molecule has 144 valence electrons. The molecule has 0 bridgehead atoms. The van der Waals surface area contributed by atoms with Crippen LogP contribution in [-0.2, 0) is 9.47 Å². The third-order valence-electron chi connectivity index (χ3n) is 4.45. The maximum absolute atomic E-state index is 6.26. The van der Waals surface area contributed by atoms with Gasteiger partial charge in [-0.15, -0.1) is 11.3 Å². The number of nitrogens with zero attached hydrogens (tertiary/aromatic N) is 3. The monoisotopic (exact) mass is 405 g/mol. The first kappa shape index (κ1) is 20.0. The van der Waals surface area contributed by atoms with Crippen LogP contribution in [0.4, 0.5) is 5.82 Å². The normalized spacial score (nSPS) is 11.3. The van der Waals surface area contributed by atoms with Gasteiger partial charge in [0.25, 0.3) is 0 Å². The van der Waals surface area contributed by atoms with Crippen LogP contribution >= 0.6 is 22.9 Å². The minimum atomic E-state index is 0.258. The first-order valence-electron chi connectivity index (χ1n) is 8.81. The van der Waals surface area contributed by atoms with Gasteiger partial charge in [0.1, 0.15) is 10.6 Å². The first-order chi connectivity index (χ1) is 13.0. The highest BCUT2D eigenvalue weighted by Gasteiger charge is 2.21. The summed E-state index contributed by atoms with van der Waals surface area (Å²) in [6, 6.07) is 8.55. The summed E-state index contributed by atoms with van der Waals surface area (Å²) in [6.07, 6.45) is 0. The number of benzene rings is 1. The Morgan fingerprint density at radius 2 is 1.63 bits per heavy atom. The van der Waals surface area contributed by atoms with E-state index in [1.54, 1.807) is 25.6 Å². The molecule has 1 aromatic carbocycles. The van der Waals surface area contributed by atoms with Gasteiger partial charge >= 0.3 is 0 Å². The quantitative estimate of drug-likeness (QED) is 0.507. The summed E-state index contributed by atoms with van der Waals surface area (Å²) in [5.41, 5.74) is 3.56. The van der Waals surface area contributed by atoms with Crippen molar-refractivity contribution in [3.8, 4) is 11.1 Å². The maximum atomic E-state index is 6.26. The van der Waals surface area contributed by atoms with Crippen LogP contribution < -0.4 is 4.90 Å². The van der Waals surface area contributed by atoms with Gasteiger partial charge in [0.2, 0.25) is 5.28 Å². The molecule has 2 aromatic heterocycles. The van der Waals surface area contributed by atoms with Crippen molar-refractivity contribution in [3.63, 3.8) is 0 Å². The van der Waals surface area contributed by atoms with Gasteiger partial charge < -0.3 is 14.4 Å². The van der Waals surface area contributed by atoms with Crippen molar-refractivity contribution in [2.75, 3.05) is 45.4 Å². The van der Waals surface area contributed by atoms with Gasteiger partial charge in [-0.25, -0.2) is 4.98 Å². The number of thiophene rings is 1. The summed E-state index contributed by atoms with van der Waals surface area (Å²) >= 11 is 7.91. The Kier molecular flexibility index (Phi) is 6.65. The third kappa shape index (κ3) is 4.41. The van der Waals surface area contributed by atoms with Crippen LogP contribution in [0.3, 0.4) is 0 Å². The highest BCUT2D eigenvalue weighted by Crippen LogP contribution is 2.42. The molecule has 7 heteroatoms. The lowest BCUT2D eigenvalue weighted by molar-refractivity contribution is 0.190. The second-order valence-electron chi connectivity index (χ2n) is 6.37. The average molecular weight is 406 g/mol. The Hall–Kier alpha value is -1.73. The van der Waals surface area contributed by atoms with Gasteiger partial charge in [0.05, 0.1) is 18.6 Å². The fraction of sp³-hybridized carbons (Fsp3) is 0.400. The SMILES string of the molecule is COCCN(CCOC)c1nc(Cl)nc2sc(C)c(-c3ccc(C)cc3)c12. The number of fused-ring (bicyclic) bond motifs is 1. The van der Waals surface area contributed by atoms with Crippen molar-refractivity contribution >= 4 is 39.0 Å². The van der Waals surface area contributed by atoms with Crippen LogP contribution in [-0.4, -0.2) is 50.5 Å². The molecule has 0 amide bonds. The molecule has 0 saturated heterocycles. The van der Waals surface area contributed by atoms with E-state index in [1.807, 2.05) is 0 Å². The molecule has 27 heavy (non-hydrogen) atoms. The molecule has 0 spiro atoms. The highest BCUT2D eigenvalue weighted by atomic mass is 35.5. The number of anilines is 1. The third-order valence-corrected chi connectivity index (χ3v) is 5.62. The molecule has 0 saturated carbocycles.